The Labute approximate surface area is 580 Å². The fraction of sp³-hybridized carbons (Fsp3) is 0.438. The number of pyridine rings is 6. The van der Waals surface area contributed by atoms with Crippen LogP contribution in [0.15, 0.2) is 132 Å². The Morgan fingerprint density at radius 2 is 1.03 bits per heavy atom. The molecular formula is C73H90Cl2N12O8S2. The number of likely N-dealkylation sites (tertiary alicyclic amines) is 1. The van der Waals surface area contributed by atoms with Crippen LogP contribution in [-0.2, 0) is 35.6 Å². The molecule has 8 aromatic rings. The molecular weight excluding hydrogens is 1310 g/mol. The number of carbonyl (C=O) groups excluding carboxylic acids is 3. The van der Waals surface area contributed by atoms with E-state index >= 15 is 0 Å². The van der Waals surface area contributed by atoms with Crippen molar-refractivity contribution in [2.45, 2.75) is 192 Å². The van der Waals surface area contributed by atoms with Gasteiger partial charge in [0.1, 0.15) is 27.5 Å². The molecule has 0 aliphatic carbocycles. The predicted molar refractivity (Wildman–Crippen MR) is 383 cm³/mol. The largest absolute Gasteiger partial charge is 0.444 e. The monoisotopic (exact) mass is 1400 g/mol. The number of hydrogen-bond acceptors (Lipinski definition) is 17. The van der Waals surface area contributed by atoms with Gasteiger partial charge in [-0.2, -0.15) is 16.8 Å². The highest BCUT2D eigenvalue weighted by Crippen LogP contribution is 2.39. The van der Waals surface area contributed by atoms with Crippen LogP contribution in [-0.4, -0.2) is 99.3 Å². The smallest absolute Gasteiger partial charge is 0.410 e. The number of nitrogens with zero attached hydrogens (tertiary/aromatic N) is 7. The number of benzene rings is 2. The van der Waals surface area contributed by atoms with Crippen LogP contribution >= 0.6 is 23.2 Å². The second-order valence-corrected chi connectivity index (χ2v) is 33.8. The van der Waals surface area contributed by atoms with Gasteiger partial charge in [0.2, 0.25) is 0 Å². The third kappa shape index (κ3) is 18.7. The summed E-state index contributed by atoms with van der Waals surface area (Å²) < 4.78 is 63.7. The fourth-order valence-corrected chi connectivity index (χ4v) is 14.7. The first-order chi connectivity index (χ1) is 45.2. The number of sulfonamides is 2. The Morgan fingerprint density at radius 1 is 0.598 bits per heavy atom. The van der Waals surface area contributed by atoms with E-state index in [9.17, 15) is 31.2 Å². The van der Waals surface area contributed by atoms with Crippen LogP contribution in [0.5, 0.6) is 0 Å². The minimum atomic E-state index is -4.40. The molecule has 2 unspecified atom stereocenters. The first-order valence-corrected chi connectivity index (χ1v) is 36.4. The lowest BCUT2D eigenvalue weighted by Crippen LogP contribution is -2.45. The molecule has 516 valence electrons. The Balaban J connectivity index is 0.000000230. The Kier molecular flexibility index (Phi) is 21.9. The van der Waals surface area contributed by atoms with Gasteiger partial charge in [0.05, 0.1) is 45.6 Å². The van der Waals surface area contributed by atoms with Gasteiger partial charge in [-0.15, -0.1) is 0 Å². The maximum Gasteiger partial charge on any atom is 0.410 e. The summed E-state index contributed by atoms with van der Waals surface area (Å²) in [6, 6.07) is 30.9. The number of aryl methyl sites for hydroxylation is 2. The van der Waals surface area contributed by atoms with Crippen LogP contribution in [0.4, 0.5) is 16.4 Å². The van der Waals surface area contributed by atoms with Gasteiger partial charge in [0.15, 0.2) is 10.1 Å². The number of nitrogens with one attached hydrogen (secondary N) is 5. The van der Waals surface area contributed by atoms with Crippen molar-refractivity contribution in [3.8, 4) is 0 Å². The van der Waals surface area contributed by atoms with Crippen LogP contribution in [0, 0.1) is 25.7 Å². The maximum atomic E-state index is 13.5. The summed E-state index contributed by atoms with van der Waals surface area (Å²) in [6.45, 7) is 32.3. The second kappa shape index (κ2) is 28.9. The molecule has 0 bridgehead atoms. The summed E-state index contributed by atoms with van der Waals surface area (Å²) in [4.78, 5) is 68.2. The zero-order valence-electron chi connectivity index (χ0n) is 58.0. The number of para-hydroxylation sites is 2. The van der Waals surface area contributed by atoms with E-state index in [1.54, 1.807) is 42.6 Å². The predicted octanol–water partition coefficient (Wildman–Crippen LogP) is 15.1. The Morgan fingerprint density at radius 3 is 1.44 bits per heavy atom. The van der Waals surface area contributed by atoms with Crippen molar-refractivity contribution < 1.29 is 36.0 Å². The lowest BCUT2D eigenvalue weighted by Gasteiger charge is -2.33. The van der Waals surface area contributed by atoms with Crippen LogP contribution in [0.2, 0.25) is 10.3 Å². The molecule has 10 rings (SSSR count). The topological polar surface area (TPSA) is 269 Å². The Hall–Kier alpha value is -7.89. The SMILES string of the molecule is Cc1cccc2cc(C(=O)NS(=O)(=O)c3cccc(NC(CC[C@@H]4CN(C(=O)OC(C)(C)C)C(C)(C)C4)c4cc(C(C)(C)C)ccn4)n3)c(Cl)nc12.Cc1cccc2cc(C(=O)NS(=O)(=O)c3cccc(NC(CC[C@@H]4CNC(C)(C)C4)c4cc(C(C)(C)C)ccn4)n3)c(Cl)nc12. The molecule has 20 nitrogen and oxygen atoms in total. The molecule has 2 aromatic carbocycles. The van der Waals surface area contributed by atoms with E-state index in [1.807, 2.05) is 82.1 Å². The van der Waals surface area contributed by atoms with Gasteiger partial charge < -0.3 is 25.6 Å². The molecule has 2 aliphatic heterocycles. The first-order valence-electron chi connectivity index (χ1n) is 32.7. The van der Waals surface area contributed by atoms with Crippen LogP contribution in [0.25, 0.3) is 21.8 Å². The lowest BCUT2D eigenvalue weighted by atomic mass is 9.86. The minimum Gasteiger partial charge on any atom is -0.444 e. The standard InChI is InChI=1S/C39H49ClN6O5S.C34H41ClN6O3S/c1-24-12-10-13-26-20-28(34(40)44-33(24)26)35(47)45-52(49,50)32-15-11-14-31(43-32)42-29(30-21-27(18-19-41-30)37(2,3)4)17-16-25-22-39(8,9)46(23-25)36(48)51-38(5,6)7;1-21-9-7-10-23-17-25(31(35)40-30(21)23)32(42)41-45(43,44)29-12-8-11-28(39-29)38-26(14-13-22-19-34(5,6)37-20-22)27-18-24(15-16-36-27)33(2,3)4/h10-15,18-21,25,29H,16-17,22-23H2,1-9H3,(H,42,43)(H,45,47);7-12,15-18,22,26,37H,13-14,19-20H2,1-6H3,(H,38,39)(H,41,42)/t25-,29?;22-,26?/m00/s1. The molecule has 2 fully saturated rings. The van der Waals surface area contributed by atoms with E-state index in [0.29, 0.717) is 52.3 Å². The quantitative estimate of drug-likeness (QED) is 0.0500. The third-order valence-electron chi connectivity index (χ3n) is 17.6. The number of halogens is 2. The van der Waals surface area contributed by atoms with Crippen LogP contribution < -0.4 is 25.4 Å². The van der Waals surface area contributed by atoms with Crippen LogP contribution in [0.1, 0.15) is 195 Å². The van der Waals surface area contributed by atoms with E-state index < -0.39 is 37.5 Å². The van der Waals surface area contributed by atoms with E-state index in [1.165, 1.54) is 24.3 Å². The van der Waals surface area contributed by atoms with Gasteiger partial charge in [-0.1, -0.05) is 113 Å². The molecule has 5 N–H and O–H groups in total. The van der Waals surface area contributed by atoms with Gasteiger partial charge >= 0.3 is 6.09 Å². The summed E-state index contributed by atoms with van der Waals surface area (Å²) in [5.41, 5.74) is 5.80. The van der Waals surface area contributed by atoms with Gasteiger partial charge in [-0.25, -0.2) is 34.2 Å². The minimum absolute atomic E-state index is 0.0398. The summed E-state index contributed by atoms with van der Waals surface area (Å²) >= 11 is 12.7. The third-order valence-corrected chi connectivity index (χ3v) is 20.6. The van der Waals surface area contributed by atoms with Crippen LogP contribution in [0.3, 0.4) is 0 Å². The highest BCUT2D eigenvalue weighted by Gasteiger charge is 2.43. The van der Waals surface area contributed by atoms with Crippen molar-refractivity contribution in [2.75, 3.05) is 23.7 Å². The molecule has 0 spiro atoms. The maximum absolute atomic E-state index is 13.5. The molecule has 97 heavy (non-hydrogen) atoms. The van der Waals surface area contributed by atoms with Gasteiger partial charge in [0.25, 0.3) is 31.9 Å². The number of anilines is 2. The lowest BCUT2D eigenvalue weighted by molar-refractivity contribution is 0.0130. The van der Waals surface area contributed by atoms with Gasteiger partial charge in [-0.3, -0.25) is 19.6 Å². The molecule has 6 aromatic heterocycles. The number of ether oxygens (including phenoxy) is 1. The van der Waals surface area contributed by atoms with E-state index in [2.05, 4.69) is 127 Å². The summed E-state index contributed by atoms with van der Waals surface area (Å²) in [5.74, 6) is -0.416. The molecule has 24 heteroatoms. The van der Waals surface area contributed by atoms with E-state index in [4.69, 9.17) is 37.9 Å². The van der Waals surface area contributed by atoms with E-state index in [0.717, 1.165) is 72.3 Å². The van der Waals surface area contributed by atoms with Gasteiger partial charge in [-0.05, 0) is 213 Å². The van der Waals surface area contributed by atoms with Crippen molar-refractivity contribution in [3.63, 3.8) is 0 Å². The summed E-state index contributed by atoms with van der Waals surface area (Å²) in [6.07, 6.45) is 8.30. The Bertz CT molecular complexity index is 4490. The second-order valence-electron chi connectivity index (χ2n) is 29.8. The number of amides is 3. The van der Waals surface area contributed by atoms with Crippen molar-refractivity contribution in [1.29, 1.82) is 0 Å². The molecule has 0 saturated carbocycles. The highest BCUT2D eigenvalue weighted by molar-refractivity contribution is 7.90. The normalized spacial score (nSPS) is 17.0. The van der Waals surface area contributed by atoms with Crippen molar-refractivity contribution >= 4 is 94.6 Å². The molecule has 8 heterocycles. The zero-order chi connectivity index (χ0) is 70.8. The molecule has 0 radical (unpaired) electrons. The molecule has 3 amide bonds. The molecule has 2 aliphatic rings. The fourth-order valence-electron chi connectivity index (χ4n) is 12.4. The highest BCUT2D eigenvalue weighted by atomic mass is 35.5. The number of carbonyl (C=O) groups is 3. The van der Waals surface area contributed by atoms with E-state index in [-0.39, 0.29) is 77.5 Å². The zero-order valence-corrected chi connectivity index (χ0v) is 61.1. The van der Waals surface area contributed by atoms with Gasteiger partial charge in [0, 0.05) is 40.8 Å². The summed E-state index contributed by atoms with van der Waals surface area (Å²) in [5, 5.41) is 11.0. The summed E-state index contributed by atoms with van der Waals surface area (Å²) in [7, 11) is -8.74. The number of hydrogen-bond donors (Lipinski definition) is 5. The van der Waals surface area contributed by atoms with Crippen molar-refractivity contribution in [1.82, 2.24) is 49.6 Å². The number of aromatic nitrogens is 6. The number of fused-ring (bicyclic) bond motifs is 2. The van der Waals surface area contributed by atoms with Crippen molar-refractivity contribution in [2.24, 2.45) is 11.8 Å². The van der Waals surface area contributed by atoms with Crippen molar-refractivity contribution in [3.05, 3.63) is 177 Å². The molecule has 2 saturated heterocycles. The average Bonchev–Trinajstić information content (AvgIpc) is 1.68. The molecule has 4 atom stereocenters. The first kappa shape index (κ1) is 73.4. The number of rotatable bonds is 18. The average molecular weight is 1400 g/mol.